The van der Waals surface area contributed by atoms with E-state index in [4.69, 9.17) is 5.73 Å². The predicted molar refractivity (Wildman–Crippen MR) is 51.1 cm³/mol. The van der Waals surface area contributed by atoms with Crippen molar-refractivity contribution in [2.45, 2.75) is 6.92 Å². The van der Waals surface area contributed by atoms with Gasteiger partial charge in [-0.25, -0.2) is 0 Å². The van der Waals surface area contributed by atoms with Crippen LogP contribution in [-0.4, -0.2) is 11.0 Å². The first-order chi connectivity index (χ1) is 6.11. The van der Waals surface area contributed by atoms with Crippen LogP contribution < -0.4 is 5.73 Å². The van der Waals surface area contributed by atoms with Crippen molar-refractivity contribution < 1.29 is 9.90 Å². The number of hydrogen-bond acceptors (Lipinski definition) is 2. The highest BCUT2D eigenvalue weighted by atomic mass is 16.3. The van der Waals surface area contributed by atoms with Gasteiger partial charge in [-0.05, 0) is 18.6 Å². The highest BCUT2D eigenvalue weighted by Crippen LogP contribution is 2.22. The lowest BCUT2D eigenvalue weighted by Gasteiger charge is -2.01. The lowest BCUT2D eigenvalue weighted by atomic mass is 10.1. The number of primary amides is 1. The molecule has 0 aliphatic carbocycles. The number of aromatic hydroxyl groups is 1. The van der Waals surface area contributed by atoms with Crippen LogP contribution in [0.15, 0.2) is 24.3 Å². The largest absolute Gasteiger partial charge is 0.507 e. The SMILES string of the molecule is Cc1cccc(C=CC(N)=O)c1O. The number of rotatable bonds is 2. The van der Waals surface area contributed by atoms with Gasteiger partial charge in [-0.2, -0.15) is 0 Å². The maximum Gasteiger partial charge on any atom is 0.241 e. The van der Waals surface area contributed by atoms with Crippen LogP contribution in [0.4, 0.5) is 0 Å². The normalized spacial score (nSPS) is 10.5. The van der Waals surface area contributed by atoms with E-state index in [1.165, 1.54) is 12.2 Å². The summed E-state index contributed by atoms with van der Waals surface area (Å²) >= 11 is 0. The van der Waals surface area contributed by atoms with Gasteiger partial charge in [0.1, 0.15) is 5.75 Å². The molecule has 3 nitrogen and oxygen atoms in total. The number of benzene rings is 1. The zero-order chi connectivity index (χ0) is 9.84. The molecule has 0 bridgehead atoms. The Hall–Kier alpha value is -1.77. The molecule has 0 aromatic heterocycles. The van der Waals surface area contributed by atoms with Crippen LogP contribution in [0.1, 0.15) is 11.1 Å². The molecule has 0 atom stereocenters. The third kappa shape index (κ3) is 2.33. The summed E-state index contributed by atoms with van der Waals surface area (Å²) < 4.78 is 0. The van der Waals surface area contributed by atoms with Crippen molar-refractivity contribution >= 4 is 12.0 Å². The van der Waals surface area contributed by atoms with Crippen LogP contribution in [0.25, 0.3) is 6.08 Å². The lowest BCUT2D eigenvalue weighted by Crippen LogP contribution is -2.05. The second-order valence-corrected chi connectivity index (χ2v) is 2.75. The summed E-state index contributed by atoms with van der Waals surface area (Å²) in [6.45, 7) is 1.79. The number of para-hydroxylation sites is 1. The van der Waals surface area contributed by atoms with Crippen LogP contribution in [0.2, 0.25) is 0 Å². The first-order valence-electron chi connectivity index (χ1n) is 3.87. The molecule has 0 fully saturated rings. The van der Waals surface area contributed by atoms with E-state index < -0.39 is 5.91 Å². The first-order valence-corrected chi connectivity index (χ1v) is 3.87. The molecular formula is C10H11NO2. The number of nitrogens with two attached hydrogens (primary N) is 1. The standard InChI is InChI=1S/C10H11NO2/c1-7-3-2-4-8(10(7)13)5-6-9(11)12/h2-6,13H,1H3,(H2,11,12). The Bertz CT molecular complexity index is 356. The van der Waals surface area contributed by atoms with Gasteiger partial charge in [-0.15, -0.1) is 0 Å². The van der Waals surface area contributed by atoms with E-state index in [1.807, 2.05) is 0 Å². The average molecular weight is 177 g/mol. The Balaban J connectivity index is 3.02. The zero-order valence-electron chi connectivity index (χ0n) is 7.32. The van der Waals surface area contributed by atoms with Crippen LogP contribution >= 0.6 is 0 Å². The molecule has 0 unspecified atom stereocenters. The molecule has 1 rings (SSSR count). The van der Waals surface area contributed by atoms with Gasteiger partial charge in [0.05, 0.1) is 0 Å². The maximum absolute atomic E-state index is 10.4. The van der Waals surface area contributed by atoms with E-state index >= 15 is 0 Å². The number of aryl methyl sites for hydroxylation is 1. The van der Waals surface area contributed by atoms with Gasteiger partial charge >= 0.3 is 0 Å². The summed E-state index contributed by atoms with van der Waals surface area (Å²) in [4.78, 5) is 10.4. The van der Waals surface area contributed by atoms with Crippen molar-refractivity contribution in [3.05, 3.63) is 35.4 Å². The van der Waals surface area contributed by atoms with Gasteiger partial charge in [0.2, 0.25) is 5.91 Å². The van der Waals surface area contributed by atoms with Gasteiger partial charge in [0, 0.05) is 11.6 Å². The predicted octanol–water partition coefficient (Wildman–Crippen LogP) is 1.20. The zero-order valence-corrected chi connectivity index (χ0v) is 7.32. The van der Waals surface area contributed by atoms with E-state index in [1.54, 1.807) is 25.1 Å². The molecule has 13 heavy (non-hydrogen) atoms. The summed E-state index contributed by atoms with van der Waals surface area (Å²) in [6.07, 6.45) is 2.71. The van der Waals surface area contributed by atoms with E-state index in [0.717, 1.165) is 5.56 Å². The lowest BCUT2D eigenvalue weighted by molar-refractivity contribution is -0.113. The van der Waals surface area contributed by atoms with Crippen molar-refractivity contribution in [3.8, 4) is 5.75 Å². The van der Waals surface area contributed by atoms with Gasteiger partial charge in [0.15, 0.2) is 0 Å². The summed E-state index contributed by atoms with van der Waals surface area (Å²) in [6, 6.07) is 5.30. The monoisotopic (exact) mass is 177 g/mol. The Labute approximate surface area is 76.5 Å². The van der Waals surface area contributed by atoms with Crippen LogP contribution in [0, 0.1) is 6.92 Å². The minimum Gasteiger partial charge on any atom is -0.507 e. The molecule has 68 valence electrons. The number of phenolic OH excluding ortho intramolecular Hbond substituents is 1. The van der Waals surface area contributed by atoms with E-state index in [2.05, 4.69) is 0 Å². The Morgan fingerprint density at radius 3 is 2.85 bits per heavy atom. The quantitative estimate of drug-likeness (QED) is 0.666. The summed E-state index contributed by atoms with van der Waals surface area (Å²) in [5, 5.41) is 9.51. The summed E-state index contributed by atoms with van der Waals surface area (Å²) in [7, 11) is 0. The average Bonchev–Trinajstić information content (AvgIpc) is 2.07. The number of hydrogen-bond donors (Lipinski definition) is 2. The van der Waals surface area contributed by atoms with Crippen LogP contribution in [-0.2, 0) is 4.79 Å². The highest BCUT2D eigenvalue weighted by molar-refractivity contribution is 5.90. The molecule has 0 spiro atoms. The summed E-state index contributed by atoms with van der Waals surface area (Å²) in [5.41, 5.74) is 6.29. The second kappa shape index (κ2) is 3.76. The van der Waals surface area contributed by atoms with Gasteiger partial charge < -0.3 is 10.8 Å². The second-order valence-electron chi connectivity index (χ2n) is 2.75. The Kier molecular flexibility index (Phi) is 2.69. The molecule has 0 aliphatic rings. The molecule has 0 saturated heterocycles. The molecule has 0 radical (unpaired) electrons. The van der Waals surface area contributed by atoms with Crippen molar-refractivity contribution in [1.29, 1.82) is 0 Å². The number of carbonyl (C=O) groups is 1. The number of amides is 1. The van der Waals surface area contributed by atoms with Crippen molar-refractivity contribution in [2.75, 3.05) is 0 Å². The first kappa shape index (κ1) is 9.32. The molecule has 1 amide bonds. The number of carbonyl (C=O) groups excluding carboxylic acids is 1. The minimum absolute atomic E-state index is 0.181. The van der Waals surface area contributed by atoms with E-state index in [9.17, 15) is 9.90 Å². The van der Waals surface area contributed by atoms with Crippen LogP contribution in [0.3, 0.4) is 0 Å². The van der Waals surface area contributed by atoms with Crippen LogP contribution in [0.5, 0.6) is 5.75 Å². The third-order valence-electron chi connectivity index (χ3n) is 1.70. The van der Waals surface area contributed by atoms with E-state index in [-0.39, 0.29) is 5.75 Å². The molecule has 3 heteroatoms. The molecule has 0 saturated carbocycles. The maximum atomic E-state index is 10.4. The fourth-order valence-corrected chi connectivity index (χ4v) is 0.988. The fourth-order valence-electron chi connectivity index (χ4n) is 0.988. The Morgan fingerprint density at radius 1 is 1.54 bits per heavy atom. The minimum atomic E-state index is -0.527. The van der Waals surface area contributed by atoms with Crippen molar-refractivity contribution in [3.63, 3.8) is 0 Å². The smallest absolute Gasteiger partial charge is 0.241 e. The fraction of sp³-hybridized carbons (Fsp3) is 0.100. The van der Waals surface area contributed by atoms with Gasteiger partial charge in [0.25, 0.3) is 0 Å². The third-order valence-corrected chi connectivity index (χ3v) is 1.70. The topological polar surface area (TPSA) is 63.3 Å². The molecule has 1 aromatic carbocycles. The van der Waals surface area contributed by atoms with Crippen molar-refractivity contribution in [1.82, 2.24) is 0 Å². The molecule has 1 aromatic rings. The highest BCUT2D eigenvalue weighted by Gasteiger charge is 1.99. The Morgan fingerprint density at radius 2 is 2.23 bits per heavy atom. The molecular weight excluding hydrogens is 166 g/mol. The van der Waals surface area contributed by atoms with Gasteiger partial charge in [-0.3, -0.25) is 4.79 Å². The van der Waals surface area contributed by atoms with E-state index in [0.29, 0.717) is 5.56 Å². The summed E-state index contributed by atoms with van der Waals surface area (Å²) in [5.74, 6) is -0.346. The van der Waals surface area contributed by atoms with Gasteiger partial charge in [-0.1, -0.05) is 18.2 Å². The molecule has 0 heterocycles. The molecule has 3 N–H and O–H groups in total. The van der Waals surface area contributed by atoms with Crippen molar-refractivity contribution in [2.24, 2.45) is 5.73 Å². The number of phenols is 1. The molecule has 0 aliphatic heterocycles.